The second-order valence-electron chi connectivity index (χ2n) is 6.61. The molecular formula is C14H26N2O4S. The van der Waals surface area contributed by atoms with Crippen molar-refractivity contribution in [3.63, 3.8) is 0 Å². The first kappa shape index (κ1) is 16.7. The van der Waals surface area contributed by atoms with Crippen LogP contribution in [0.4, 0.5) is 0 Å². The van der Waals surface area contributed by atoms with E-state index in [9.17, 15) is 13.2 Å². The van der Waals surface area contributed by atoms with Crippen LogP contribution in [0, 0.1) is 11.3 Å². The van der Waals surface area contributed by atoms with Crippen LogP contribution in [0.5, 0.6) is 0 Å². The zero-order valence-corrected chi connectivity index (χ0v) is 13.7. The van der Waals surface area contributed by atoms with Gasteiger partial charge >= 0.3 is 5.97 Å². The summed E-state index contributed by atoms with van der Waals surface area (Å²) in [5, 5.41) is 9.10. The van der Waals surface area contributed by atoms with Crippen LogP contribution in [0.1, 0.15) is 46.0 Å². The smallest absolute Gasteiger partial charge is 0.307 e. The number of hydrogen-bond acceptors (Lipinski definition) is 3. The minimum atomic E-state index is -3.51. The Morgan fingerprint density at radius 1 is 1.24 bits per heavy atom. The fourth-order valence-corrected chi connectivity index (χ4v) is 4.83. The Morgan fingerprint density at radius 3 is 2.38 bits per heavy atom. The molecule has 0 aliphatic carbocycles. The summed E-state index contributed by atoms with van der Waals surface area (Å²) in [4.78, 5) is 11.1. The van der Waals surface area contributed by atoms with Gasteiger partial charge in [-0.3, -0.25) is 4.79 Å². The second kappa shape index (κ2) is 6.22. The summed E-state index contributed by atoms with van der Waals surface area (Å²) in [5.74, 6) is -1.47. The number of piperidine rings is 2. The molecule has 1 atom stereocenters. The number of carbonyl (C=O) groups is 1. The first-order chi connectivity index (χ1) is 9.78. The van der Waals surface area contributed by atoms with Gasteiger partial charge in [-0.05, 0) is 31.1 Å². The topological polar surface area (TPSA) is 77.9 Å². The Labute approximate surface area is 127 Å². The zero-order chi connectivity index (χ0) is 15.7. The number of aliphatic carboxylic acids is 1. The molecule has 7 heteroatoms. The van der Waals surface area contributed by atoms with Crippen molar-refractivity contribution in [2.75, 3.05) is 26.2 Å². The van der Waals surface area contributed by atoms with Gasteiger partial charge in [0.15, 0.2) is 0 Å². The summed E-state index contributed by atoms with van der Waals surface area (Å²) in [5.41, 5.74) is 0.234. The number of hydrogen-bond donors (Lipinski definition) is 1. The predicted octanol–water partition coefficient (Wildman–Crippen LogP) is 1.54. The van der Waals surface area contributed by atoms with Crippen molar-refractivity contribution in [1.29, 1.82) is 0 Å². The normalized spacial score (nSPS) is 28.4. The zero-order valence-electron chi connectivity index (χ0n) is 12.9. The average Bonchev–Trinajstić information content (AvgIpc) is 2.48. The van der Waals surface area contributed by atoms with Crippen LogP contribution in [0.3, 0.4) is 0 Å². The standard InChI is InChI=1S/C14H26N2O4S/c1-3-14(2)6-9-15(10-7-14)21(19,20)16-8-4-5-12(11-16)13(17)18/h12H,3-11H2,1-2H3,(H,17,18). The Morgan fingerprint density at radius 2 is 1.86 bits per heavy atom. The maximum Gasteiger partial charge on any atom is 0.307 e. The molecule has 0 aromatic rings. The van der Waals surface area contributed by atoms with Crippen LogP contribution in [0.25, 0.3) is 0 Å². The average molecular weight is 318 g/mol. The maximum atomic E-state index is 12.7. The van der Waals surface area contributed by atoms with E-state index in [0.29, 0.717) is 32.5 Å². The largest absolute Gasteiger partial charge is 0.481 e. The van der Waals surface area contributed by atoms with Gasteiger partial charge in [-0.1, -0.05) is 20.3 Å². The molecule has 1 unspecified atom stereocenters. The monoisotopic (exact) mass is 318 g/mol. The molecule has 6 nitrogen and oxygen atoms in total. The molecule has 0 aromatic carbocycles. The van der Waals surface area contributed by atoms with E-state index in [1.165, 1.54) is 8.61 Å². The minimum Gasteiger partial charge on any atom is -0.481 e. The number of rotatable bonds is 4. The van der Waals surface area contributed by atoms with Crippen LogP contribution < -0.4 is 0 Å². The van der Waals surface area contributed by atoms with E-state index in [-0.39, 0.29) is 12.0 Å². The quantitative estimate of drug-likeness (QED) is 0.853. The van der Waals surface area contributed by atoms with E-state index in [2.05, 4.69) is 13.8 Å². The van der Waals surface area contributed by atoms with Crippen molar-refractivity contribution in [3.8, 4) is 0 Å². The van der Waals surface area contributed by atoms with Gasteiger partial charge in [-0.15, -0.1) is 0 Å². The Bertz CT molecular complexity index is 483. The van der Waals surface area contributed by atoms with Gasteiger partial charge in [-0.2, -0.15) is 17.0 Å². The molecule has 2 saturated heterocycles. The number of carboxylic acid groups (broad SMARTS) is 1. The van der Waals surface area contributed by atoms with Gasteiger partial charge in [0.05, 0.1) is 5.92 Å². The van der Waals surface area contributed by atoms with Crippen molar-refractivity contribution in [2.24, 2.45) is 11.3 Å². The van der Waals surface area contributed by atoms with Gasteiger partial charge in [-0.25, -0.2) is 0 Å². The summed E-state index contributed by atoms with van der Waals surface area (Å²) < 4.78 is 28.2. The Balaban J connectivity index is 2.03. The lowest BCUT2D eigenvalue weighted by molar-refractivity contribution is -0.142. The minimum absolute atomic E-state index is 0.110. The van der Waals surface area contributed by atoms with Crippen LogP contribution in [0.2, 0.25) is 0 Å². The molecular weight excluding hydrogens is 292 g/mol. The van der Waals surface area contributed by atoms with Crippen LogP contribution in [-0.2, 0) is 15.0 Å². The molecule has 2 rings (SSSR count). The summed E-state index contributed by atoms with van der Waals surface area (Å²) in [6, 6.07) is 0. The van der Waals surface area contributed by atoms with Crippen LogP contribution in [0.15, 0.2) is 0 Å². The van der Waals surface area contributed by atoms with Crippen LogP contribution >= 0.6 is 0 Å². The molecule has 0 bridgehead atoms. The van der Waals surface area contributed by atoms with Gasteiger partial charge in [0.25, 0.3) is 10.2 Å². The molecule has 122 valence electrons. The highest BCUT2D eigenvalue weighted by Crippen LogP contribution is 2.35. The molecule has 2 heterocycles. The first-order valence-corrected chi connectivity index (χ1v) is 9.16. The van der Waals surface area contributed by atoms with Gasteiger partial charge in [0.2, 0.25) is 0 Å². The van der Waals surface area contributed by atoms with Crippen molar-refractivity contribution < 1.29 is 18.3 Å². The molecule has 0 saturated carbocycles. The van der Waals surface area contributed by atoms with Gasteiger partial charge in [0.1, 0.15) is 0 Å². The van der Waals surface area contributed by atoms with Crippen molar-refractivity contribution >= 4 is 16.2 Å². The molecule has 0 spiro atoms. The highest BCUT2D eigenvalue weighted by Gasteiger charge is 2.39. The third-order valence-electron chi connectivity index (χ3n) is 5.17. The van der Waals surface area contributed by atoms with Crippen LogP contribution in [-0.4, -0.2) is 54.3 Å². The Kier molecular flexibility index (Phi) is 4.95. The lowest BCUT2D eigenvalue weighted by atomic mass is 9.79. The van der Waals surface area contributed by atoms with E-state index >= 15 is 0 Å². The van der Waals surface area contributed by atoms with E-state index in [1.54, 1.807) is 0 Å². The summed E-state index contributed by atoms with van der Waals surface area (Å²) in [6.45, 7) is 5.99. The predicted molar refractivity (Wildman–Crippen MR) is 80.1 cm³/mol. The van der Waals surface area contributed by atoms with Crippen molar-refractivity contribution in [1.82, 2.24) is 8.61 Å². The molecule has 2 aliphatic heterocycles. The molecule has 21 heavy (non-hydrogen) atoms. The lowest BCUT2D eigenvalue weighted by Crippen LogP contribution is -2.52. The van der Waals surface area contributed by atoms with Crippen molar-refractivity contribution in [3.05, 3.63) is 0 Å². The molecule has 2 aliphatic rings. The van der Waals surface area contributed by atoms with E-state index in [1.807, 2.05) is 0 Å². The summed E-state index contributed by atoms with van der Waals surface area (Å²) in [6.07, 6.45) is 4.00. The number of carboxylic acids is 1. The second-order valence-corrected chi connectivity index (χ2v) is 8.53. The lowest BCUT2D eigenvalue weighted by Gasteiger charge is -2.41. The highest BCUT2D eigenvalue weighted by molar-refractivity contribution is 7.86. The van der Waals surface area contributed by atoms with Gasteiger partial charge in [0, 0.05) is 26.2 Å². The molecule has 2 fully saturated rings. The highest BCUT2D eigenvalue weighted by atomic mass is 32.2. The Hall–Kier alpha value is -0.660. The molecule has 0 amide bonds. The maximum absolute atomic E-state index is 12.7. The summed E-state index contributed by atoms with van der Waals surface area (Å²) in [7, 11) is -3.51. The molecule has 1 N–H and O–H groups in total. The molecule has 0 radical (unpaired) electrons. The van der Waals surface area contributed by atoms with Crippen molar-refractivity contribution in [2.45, 2.75) is 46.0 Å². The van der Waals surface area contributed by atoms with E-state index < -0.39 is 22.1 Å². The number of nitrogens with zero attached hydrogens (tertiary/aromatic N) is 2. The van der Waals surface area contributed by atoms with Gasteiger partial charge < -0.3 is 5.11 Å². The summed E-state index contributed by atoms with van der Waals surface area (Å²) >= 11 is 0. The van der Waals surface area contributed by atoms with E-state index in [0.717, 1.165) is 19.3 Å². The fraction of sp³-hybridized carbons (Fsp3) is 0.929. The van der Waals surface area contributed by atoms with E-state index in [4.69, 9.17) is 5.11 Å². The third kappa shape index (κ3) is 3.57. The SMILES string of the molecule is CCC1(C)CCN(S(=O)(=O)N2CCCC(C(=O)O)C2)CC1. The third-order valence-corrected chi connectivity index (χ3v) is 7.17. The fourth-order valence-electron chi connectivity index (χ4n) is 3.13. The molecule has 0 aromatic heterocycles. The first-order valence-electron chi connectivity index (χ1n) is 7.76.